The second-order valence-electron chi connectivity index (χ2n) is 4.48. The maximum Gasteiger partial charge on any atom is 0.322 e. The van der Waals surface area contributed by atoms with Gasteiger partial charge in [-0.3, -0.25) is 0 Å². The third-order valence-corrected chi connectivity index (χ3v) is 2.97. The van der Waals surface area contributed by atoms with E-state index < -0.39 is 0 Å². The Morgan fingerprint density at radius 2 is 2.15 bits per heavy atom. The van der Waals surface area contributed by atoms with Gasteiger partial charge in [-0.2, -0.15) is 0 Å². The van der Waals surface area contributed by atoms with Gasteiger partial charge in [0.15, 0.2) is 0 Å². The van der Waals surface area contributed by atoms with Gasteiger partial charge in [0.2, 0.25) is 11.8 Å². The van der Waals surface area contributed by atoms with Crippen LogP contribution in [0.4, 0.5) is 10.5 Å². The SMILES string of the molecule is Cc1ccc(NC(=O)N(C)Cc2nnc(C)o2)c(Cl)c1. The fourth-order valence-corrected chi connectivity index (χ4v) is 1.89. The van der Waals surface area contributed by atoms with Gasteiger partial charge in [-0.25, -0.2) is 4.79 Å². The van der Waals surface area contributed by atoms with Crippen LogP contribution in [0.3, 0.4) is 0 Å². The van der Waals surface area contributed by atoms with Crippen molar-refractivity contribution in [2.75, 3.05) is 12.4 Å². The van der Waals surface area contributed by atoms with Crippen molar-refractivity contribution in [3.05, 3.63) is 40.6 Å². The minimum atomic E-state index is -0.299. The van der Waals surface area contributed by atoms with Crippen LogP contribution in [0.5, 0.6) is 0 Å². The molecule has 0 spiro atoms. The van der Waals surface area contributed by atoms with Gasteiger partial charge in [0, 0.05) is 14.0 Å². The van der Waals surface area contributed by atoms with Crippen LogP contribution in [0.25, 0.3) is 0 Å². The number of anilines is 1. The molecule has 2 aromatic rings. The van der Waals surface area contributed by atoms with Gasteiger partial charge in [-0.15, -0.1) is 10.2 Å². The molecule has 1 heterocycles. The molecule has 0 unspecified atom stereocenters. The summed E-state index contributed by atoms with van der Waals surface area (Å²) in [6.45, 7) is 3.86. The van der Waals surface area contributed by atoms with E-state index in [2.05, 4.69) is 15.5 Å². The van der Waals surface area contributed by atoms with E-state index in [0.29, 0.717) is 22.5 Å². The third-order valence-electron chi connectivity index (χ3n) is 2.65. The van der Waals surface area contributed by atoms with Crippen LogP contribution in [-0.2, 0) is 6.54 Å². The Bertz CT molecular complexity index is 627. The van der Waals surface area contributed by atoms with E-state index in [9.17, 15) is 4.79 Å². The zero-order valence-electron chi connectivity index (χ0n) is 11.5. The number of benzene rings is 1. The molecule has 106 valence electrons. The molecule has 0 saturated heterocycles. The molecule has 2 amide bonds. The summed E-state index contributed by atoms with van der Waals surface area (Å²) in [5.74, 6) is 0.852. The monoisotopic (exact) mass is 294 g/mol. The van der Waals surface area contributed by atoms with Gasteiger partial charge in [0.05, 0.1) is 10.7 Å². The van der Waals surface area contributed by atoms with E-state index in [1.54, 1.807) is 26.1 Å². The lowest BCUT2D eigenvalue weighted by atomic mass is 10.2. The number of carbonyl (C=O) groups excluding carboxylic acids is 1. The normalized spacial score (nSPS) is 10.4. The molecule has 0 aliphatic carbocycles. The summed E-state index contributed by atoms with van der Waals surface area (Å²) in [6, 6.07) is 5.13. The summed E-state index contributed by atoms with van der Waals surface area (Å²) in [6.07, 6.45) is 0. The highest BCUT2D eigenvalue weighted by Gasteiger charge is 2.14. The molecule has 0 aliphatic heterocycles. The molecule has 1 N–H and O–H groups in total. The Morgan fingerprint density at radius 1 is 1.40 bits per heavy atom. The molecule has 0 bridgehead atoms. The van der Waals surface area contributed by atoms with E-state index in [-0.39, 0.29) is 12.6 Å². The predicted molar refractivity (Wildman–Crippen MR) is 75.7 cm³/mol. The van der Waals surface area contributed by atoms with Crippen LogP contribution >= 0.6 is 11.6 Å². The summed E-state index contributed by atoms with van der Waals surface area (Å²) < 4.78 is 5.22. The Labute approximate surface area is 121 Å². The summed E-state index contributed by atoms with van der Waals surface area (Å²) in [5.41, 5.74) is 1.60. The molecule has 0 atom stereocenters. The van der Waals surface area contributed by atoms with Crippen molar-refractivity contribution in [1.29, 1.82) is 0 Å². The highest BCUT2D eigenvalue weighted by molar-refractivity contribution is 6.33. The minimum absolute atomic E-state index is 0.232. The van der Waals surface area contributed by atoms with Crippen molar-refractivity contribution < 1.29 is 9.21 Å². The minimum Gasteiger partial charge on any atom is -0.424 e. The van der Waals surface area contributed by atoms with E-state index in [1.165, 1.54) is 4.90 Å². The van der Waals surface area contributed by atoms with Crippen molar-refractivity contribution in [3.63, 3.8) is 0 Å². The van der Waals surface area contributed by atoms with Gasteiger partial charge in [-0.1, -0.05) is 17.7 Å². The fraction of sp³-hybridized carbons (Fsp3) is 0.308. The smallest absolute Gasteiger partial charge is 0.322 e. The second kappa shape index (κ2) is 5.92. The quantitative estimate of drug-likeness (QED) is 0.944. The standard InChI is InChI=1S/C13H15ClN4O2/c1-8-4-5-11(10(14)6-8)15-13(19)18(3)7-12-17-16-9(2)20-12/h4-6H,7H2,1-3H3,(H,15,19). The van der Waals surface area contributed by atoms with E-state index in [0.717, 1.165) is 5.56 Å². The van der Waals surface area contributed by atoms with Crippen LogP contribution in [0.15, 0.2) is 22.6 Å². The summed E-state index contributed by atoms with van der Waals surface area (Å²) >= 11 is 6.07. The zero-order chi connectivity index (χ0) is 14.7. The molecule has 0 radical (unpaired) electrons. The average Bonchev–Trinajstić information content (AvgIpc) is 2.78. The van der Waals surface area contributed by atoms with E-state index in [4.69, 9.17) is 16.0 Å². The van der Waals surface area contributed by atoms with Gasteiger partial charge in [-0.05, 0) is 24.6 Å². The first-order valence-corrected chi connectivity index (χ1v) is 6.41. The summed E-state index contributed by atoms with van der Waals surface area (Å²) in [7, 11) is 1.64. The van der Waals surface area contributed by atoms with Crippen molar-refractivity contribution in [2.45, 2.75) is 20.4 Å². The number of aromatic nitrogens is 2. The molecular weight excluding hydrogens is 280 g/mol. The zero-order valence-corrected chi connectivity index (χ0v) is 12.2. The maximum atomic E-state index is 12.0. The Morgan fingerprint density at radius 3 is 2.75 bits per heavy atom. The molecule has 7 heteroatoms. The molecular formula is C13H15ClN4O2. The lowest BCUT2D eigenvalue weighted by Gasteiger charge is -2.16. The first-order valence-electron chi connectivity index (χ1n) is 6.03. The molecule has 0 aliphatic rings. The number of rotatable bonds is 3. The number of aryl methyl sites for hydroxylation is 2. The molecule has 2 rings (SSSR count). The van der Waals surface area contributed by atoms with Crippen molar-refractivity contribution in [1.82, 2.24) is 15.1 Å². The molecule has 1 aromatic carbocycles. The second-order valence-corrected chi connectivity index (χ2v) is 4.89. The number of hydrogen-bond donors (Lipinski definition) is 1. The summed E-state index contributed by atoms with van der Waals surface area (Å²) in [4.78, 5) is 13.5. The number of carbonyl (C=O) groups is 1. The van der Waals surface area contributed by atoms with E-state index >= 15 is 0 Å². The molecule has 20 heavy (non-hydrogen) atoms. The maximum absolute atomic E-state index is 12.0. The van der Waals surface area contributed by atoms with Crippen molar-refractivity contribution in [2.24, 2.45) is 0 Å². The fourth-order valence-electron chi connectivity index (χ4n) is 1.61. The van der Waals surface area contributed by atoms with Crippen LogP contribution in [0, 0.1) is 13.8 Å². The van der Waals surface area contributed by atoms with Crippen molar-refractivity contribution in [3.8, 4) is 0 Å². The molecule has 6 nitrogen and oxygen atoms in total. The lowest BCUT2D eigenvalue weighted by molar-refractivity contribution is 0.215. The van der Waals surface area contributed by atoms with Crippen molar-refractivity contribution >= 4 is 23.3 Å². The van der Waals surface area contributed by atoms with Crippen LogP contribution < -0.4 is 5.32 Å². The van der Waals surface area contributed by atoms with Crippen LogP contribution in [0.2, 0.25) is 5.02 Å². The molecule has 0 fully saturated rings. The largest absolute Gasteiger partial charge is 0.424 e. The third kappa shape index (κ3) is 3.48. The topological polar surface area (TPSA) is 71.3 Å². The number of halogens is 1. The first kappa shape index (κ1) is 14.3. The number of amides is 2. The molecule has 0 saturated carbocycles. The van der Waals surface area contributed by atoms with Gasteiger partial charge < -0.3 is 14.6 Å². The first-order chi connectivity index (χ1) is 9.45. The average molecular weight is 295 g/mol. The van der Waals surface area contributed by atoms with E-state index in [1.807, 2.05) is 13.0 Å². The Hall–Kier alpha value is -2.08. The molecule has 1 aromatic heterocycles. The van der Waals surface area contributed by atoms with Gasteiger partial charge >= 0.3 is 6.03 Å². The number of hydrogen-bond acceptors (Lipinski definition) is 4. The number of nitrogens with zero attached hydrogens (tertiary/aromatic N) is 3. The van der Waals surface area contributed by atoms with Gasteiger partial charge in [0.1, 0.15) is 6.54 Å². The highest BCUT2D eigenvalue weighted by atomic mass is 35.5. The number of nitrogens with one attached hydrogen (secondary N) is 1. The lowest BCUT2D eigenvalue weighted by Crippen LogP contribution is -2.31. The summed E-state index contributed by atoms with van der Waals surface area (Å²) in [5, 5.41) is 10.8. The number of urea groups is 1. The van der Waals surface area contributed by atoms with Gasteiger partial charge in [0.25, 0.3) is 0 Å². The predicted octanol–water partition coefficient (Wildman–Crippen LogP) is 3.00. The Balaban J connectivity index is 2.00. The highest BCUT2D eigenvalue weighted by Crippen LogP contribution is 2.23. The van der Waals surface area contributed by atoms with Crippen LogP contribution in [0.1, 0.15) is 17.3 Å². The van der Waals surface area contributed by atoms with Crippen LogP contribution in [-0.4, -0.2) is 28.2 Å². The Kier molecular flexibility index (Phi) is 4.24.